The highest BCUT2D eigenvalue weighted by Gasteiger charge is 2.18. The molecule has 1 saturated carbocycles. The van der Waals surface area contributed by atoms with Gasteiger partial charge >= 0.3 is 0 Å². The lowest BCUT2D eigenvalue weighted by atomic mass is 10.1. The predicted molar refractivity (Wildman–Crippen MR) is 85.4 cm³/mol. The molecular weight excluding hydrogens is 266 g/mol. The number of aromatic nitrogens is 1. The van der Waals surface area contributed by atoms with Gasteiger partial charge in [0.1, 0.15) is 5.84 Å². The Bertz CT molecular complexity index is 633. The van der Waals surface area contributed by atoms with Crippen LogP contribution in [0.25, 0.3) is 10.9 Å². The van der Waals surface area contributed by atoms with E-state index in [1.807, 2.05) is 30.0 Å². The number of pyridine rings is 1. The third kappa shape index (κ3) is 2.66. The van der Waals surface area contributed by atoms with E-state index in [0.717, 1.165) is 33.0 Å². The molecule has 0 saturated heterocycles. The molecule has 20 heavy (non-hydrogen) atoms. The van der Waals surface area contributed by atoms with Crippen molar-refractivity contribution in [3.8, 4) is 0 Å². The number of amidine groups is 1. The highest BCUT2D eigenvalue weighted by atomic mass is 32.2. The average molecular weight is 285 g/mol. The molecule has 104 valence electrons. The number of benzene rings is 1. The number of nitrogens with two attached hydrogens (primary N) is 1. The summed E-state index contributed by atoms with van der Waals surface area (Å²) in [4.78, 5) is 5.53. The smallest absolute Gasteiger partial charge is 0.125 e. The van der Waals surface area contributed by atoms with Crippen LogP contribution in [-0.4, -0.2) is 16.6 Å². The van der Waals surface area contributed by atoms with Crippen LogP contribution in [-0.2, 0) is 0 Å². The molecule has 1 aromatic heterocycles. The number of thioether (sulfide) groups is 1. The first-order chi connectivity index (χ1) is 9.75. The fraction of sp³-hybridized carbons (Fsp3) is 0.375. The highest BCUT2D eigenvalue weighted by molar-refractivity contribution is 7.99. The molecule has 1 aliphatic carbocycles. The maximum Gasteiger partial charge on any atom is 0.125 e. The summed E-state index contributed by atoms with van der Waals surface area (Å²) in [6, 6.07) is 8.10. The molecule has 0 spiro atoms. The van der Waals surface area contributed by atoms with Gasteiger partial charge in [-0.25, -0.2) is 0 Å². The van der Waals surface area contributed by atoms with Crippen LogP contribution in [0.5, 0.6) is 0 Å². The Labute approximate surface area is 123 Å². The van der Waals surface area contributed by atoms with Crippen LogP contribution in [0, 0.1) is 11.3 Å². The fourth-order valence-corrected chi connectivity index (χ4v) is 4.22. The zero-order chi connectivity index (χ0) is 13.9. The normalized spacial score (nSPS) is 15.8. The van der Waals surface area contributed by atoms with Gasteiger partial charge in [0, 0.05) is 27.8 Å². The molecule has 1 aromatic carbocycles. The molecule has 0 atom stereocenters. The summed E-state index contributed by atoms with van der Waals surface area (Å²) in [6.07, 6.45) is 7.14. The Morgan fingerprint density at radius 2 is 2.05 bits per heavy atom. The average Bonchev–Trinajstić information content (AvgIpc) is 2.97. The molecule has 0 unspecified atom stereocenters. The Hall–Kier alpha value is -1.55. The van der Waals surface area contributed by atoms with E-state index < -0.39 is 0 Å². The zero-order valence-corrected chi connectivity index (χ0v) is 12.2. The number of nitrogens with zero attached hydrogens (tertiary/aromatic N) is 1. The summed E-state index contributed by atoms with van der Waals surface area (Å²) in [7, 11) is 0. The number of hydrogen-bond donors (Lipinski definition) is 2. The molecule has 4 heteroatoms. The number of hydrogen-bond acceptors (Lipinski definition) is 3. The second kappa shape index (κ2) is 5.83. The molecule has 0 aliphatic heterocycles. The van der Waals surface area contributed by atoms with Crippen molar-refractivity contribution in [2.45, 2.75) is 30.6 Å². The zero-order valence-electron chi connectivity index (χ0n) is 11.4. The maximum atomic E-state index is 7.76. The van der Waals surface area contributed by atoms with Gasteiger partial charge in [-0.2, -0.15) is 0 Å². The van der Waals surface area contributed by atoms with E-state index in [0.29, 0.717) is 0 Å². The minimum atomic E-state index is 0.108. The molecule has 0 bridgehead atoms. The lowest BCUT2D eigenvalue weighted by Crippen LogP contribution is -2.13. The van der Waals surface area contributed by atoms with E-state index in [9.17, 15) is 0 Å². The van der Waals surface area contributed by atoms with Crippen LogP contribution in [0.4, 0.5) is 0 Å². The number of fused-ring (bicyclic) bond motifs is 1. The molecule has 3 N–H and O–H groups in total. The number of nitrogen functional groups attached to an aromatic ring is 1. The van der Waals surface area contributed by atoms with E-state index in [2.05, 4.69) is 11.1 Å². The van der Waals surface area contributed by atoms with Crippen molar-refractivity contribution in [3.05, 3.63) is 36.0 Å². The number of rotatable bonds is 4. The van der Waals surface area contributed by atoms with Crippen molar-refractivity contribution in [3.63, 3.8) is 0 Å². The van der Waals surface area contributed by atoms with Crippen molar-refractivity contribution in [2.75, 3.05) is 5.75 Å². The van der Waals surface area contributed by atoms with Gasteiger partial charge in [-0.3, -0.25) is 10.4 Å². The quantitative estimate of drug-likeness (QED) is 0.510. The summed E-state index contributed by atoms with van der Waals surface area (Å²) < 4.78 is 0. The fourth-order valence-electron chi connectivity index (χ4n) is 2.84. The van der Waals surface area contributed by atoms with E-state index in [-0.39, 0.29) is 5.84 Å². The molecule has 3 rings (SSSR count). The van der Waals surface area contributed by atoms with Crippen LogP contribution < -0.4 is 5.73 Å². The van der Waals surface area contributed by atoms with Gasteiger partial charge < -0.3 is 5.73 Å². The molecule has 1 aliphatic rings. The first-order valence-corrected chi connectivity index (χ1v) is 8.09. The second-order valence-electron chi connectivity index (χ2n) is 5.39. The van der Waals surface area contributed by atoms with Gasteiger partial charge in [-0.1, -0.05) is 31.0 Å². The van der Waals surface area contributed by atoms with Gasteiger partial charge in [0.2, 0.25) is 0 Å². The van der Waals surface area contributed by atoms with Gasteiger partial charge in [-0.05, 0) is 24.8 Å². The molecule has 3 nitrogen and oxygen atoms in total. The molecule has 0 amide bonds. The van der Waals surface area contributed by atoms with Crippen molar-refractivity contribution in [1.82, 2.24) is 4.98 Å². The lowest BCUT2D eigenvalue weighted by Gasteiger charge is -2.13. The van der Waals surface area contributed by atoms with E-state index in [1.54, 1.807) is 6.20 Å². The Morgan fingerprint density at radius 1 is 1.30 bits per heavy atom. The summed E-state index contributed by atoms with van der Waals surface area (Å²) in [5.74, 6) is 2.04. The SMILES string of the molecule is N=C(N)c1cnc2ccccc2c1SCC1CCCC1. The lowest BCUT2D eigenvalue weighted by molar-refractivity contribution is 0.623. The van der Waals surface area contributed by atoms with Gasteiger partial charge in [0.25, 0.3) is 0 Å². The van der Waals surface area contributed by atoms with Gasteiger partial charge in [0.15, 0.2) is 0 Å². The molecule has 0 radical (unpaired) electrons. The Morgan fingerprint density at radius 3 is 2.80 bits per heavy atom. The van der Waals surface area contributed by atoms with Crippen LogP contribution in [0.15, 0.2) is 35.4 Å². The molecular formula is C16H19N3S. The minimum Gasteiger partial charge on any atom is -0.384 e. The predicted octanol–water partition coefficient (Wildman–Crippen LogP) is 3.80. The van der Waals surface area contributed by atoms with E-state index >= 15 is 0 Å². The van der Waals surface area contributed by atoms with E-state index in [1.165, 1.54) is 25.7 Å². The largest absolute Gasteiger partial charge is 0.384 e. The molecule has 1 heterocycles. The highest BCUT2D eigenvalue weighted by Crippen LogP contribution is 2.35. The monoisotopic (exact) mass is 285 g/mol. The summed E-state index contributed by atoms with van der Waals surface area (Å²) in [5, 5.41) is 8.88. The number of nitrogens with one attached hydrogen (secondary N) is 1. The maximum absolute atomic E-state index is 7.76. The third-order valence-electron chi connectivity index (χ3n) is 3.95. The van der Waals surface area contributed by atoms with Gasteiger partial charge in [-0.15, -0.1) is 11.8 Å². The van der Waals surface area contributed by atoms with Crippen molar-refractivity contribution < 1.29 is 0 Å². The first-order valence-electron chi connectivity index (χ1n) is 7.10. The molecule has 1 fully saturated rings. The third-order valence-corrected chi connectivity index (χ3v) is 5.32. The summed E-state index contributed by atoms with van der Waals surface area (Å²) in [5.41, 5.74) is 7.47. The summed E-state index contributed by atoms with van der Waals surface area (Å²) in [6.45, 7) is 0. The van der Waals surface area contributed by atoms with Crippen molar-refractivity contribution >= 4 is 28.5 Å². The Balaban J connectivity index is 1.96. The topological polar surface area (TPSA) is 62.8 Å². The van der Waals surface area contributed by atoms with E-state index in [4.69, 9.17) is 11.1 Å². The standard InChI is InChI=1S/C16H19N3S/c17-16(18)13-9-19-14-8-4-3-7-12(14)15(13)20-10-11-5-1-2-6-11/h3-4,7-9,11H,1-2,5-6,10H2,(H3,17,18). The van der Waals surface area contributed by atoms with Crippen molar-refractivity contribution in [1.29, 1.82) is 5.41 Å². The van der Waals surface area contributed by atoms with Crippen LogP contribution in [0.3, 0.4) is 0 Å². The second-order valence-corrected chi connectivity index (χ2v) is 6.42. The van der Waals surface area contributed by atoms with Gasteiger partial charge in [0.05, 0.1) is 5.52 Å². The minimum absolute atomic E-state index is 0.108. The van der Waals surface area contributed by atoms with Crippen LogP contribution in [0.2, 0.25) is 0 Å². The first kappa shape index (κ1) is 13.4. The Kier molecular flexibility index (Phi) is 3.92. The van der Waals surface area contributed by atoms with Crippen molar-refractivity contribution in [2.24, 2.45) is 11.7 Å². The van der Waals surface area contributed by atoms with Crippen LogP contribution in [0.1, 0.15) is 31.2 Å². The number of para-hydroxylation sites is 1. The summed E-state index contributed by atoms with van der Waals surface area (Å²) >= 11 is 1.84. The van der Waals surface area contributed by atoms with Crippen LogP contribution >= 0.6 is 11.8 Å². The molecule has 2 aromatic rings.